The largest absolute Gasteiger partial charge is 0.269 e. The summed E-state index contributed by atoms with van der Waals surface area (Å²) in [5.74, 6) is -0.460. The molecule has 0 aromatic heterocycles. The lowest BCUT2D eigenvalue weighted by Gasteiger charge is -2.22. The molecular formula is C15H16FNO2S. The van der Waals surface area contributed by atoms with E-state index in [0.29, 0.717) is 5.69 Å². The van der Waals surface area contributed by atoms with Crippen LogP contribution in [-0.2, 0) is 10.0 Å². The molecule has 0 bridgehead atoms. The molecule has 0 amide bonds. The highest BCUT2D eigenvalue weighted by atomic mass is 32.2. The Kier molecular flexibility index (Phi) is 3.81. The van der Waals surface area contributed by atoms with Crippen molar-refractivity contribution in [1.82, 2.24) is 0 Å². The molecule has 20 heavy (non-hydrogen) atoms. The predicted molar refractivity (Wildman–Crippen MR) is 77.9 cm³/mol. The summed E-state index contributed by atoms with van der Waals surface area (Å²) >= 11 is 0. The van der Waals surface area contributed by atoms with Crippen molar-refractivity contribution < 1.29 is 12.8 Å². The van der Waals surface area contributed by atoms with Crippen molar-refractivity contribution in [3.63, 3.8) is 0 Å². The maximum absolute atomic E-state index is 12.9. The minimum absolute atomic E-state index is 0.0716. The zero-order valence-corrected chi connectivity index (χ0v) is 12.4. The molecule has 0 aliphatic carbocycles. The summed E-state index contributed by atoms with van der Waals surface area (Å²) < 4.78 is 39.2. The van der Waals surface area contributed by atoms with Gasteiger partial charge in [0.05, 0.1) is 10.6 Å². The van der Waals surface area contributed by atoms with Crippen molar-refractivity contribution >= 4 is 15.7 Å². The standard InChI is InChI=1S/C15H16FNO2S/c1-11-4-5-12(2)15(10-11)17(3)20(18,19)14-8-6-13(16)7-9-14/h4-10H,1-3H3. The zero-order chi connectivity index (χ0) is 14.9. The van der Waals surface area contributed by atoms with Gasteiger partial charge in [0.1, 0.15) is 5.82 Å². The van der Waals surface area contributed by atoms with Gasteiger partial charge in [-0.1, -0.05) is 12.1 Å². The van der Waals surface area contributed by atoms with Crippen LogP contribution >= 0.6 is 0 Å². The summed E-state index contributed by atoms with van der Waals surface area (Å²) in [6, 6.07) is 10.4. The van der Waals surface area contributed by atoms with Crippen molar-refractivity contribution in [3.05, 3.63) is 59.4 Å². The highest BCUT2D eigenvalue weighted by Crippen LogP contribution is 2.26. The average Bonchev–Trinajstić information content (AvgIpc) is 2.41. The molecule has 0 aliphatic rings. The molecule has 2 rings (SSSR count). The number of nitrogens with zero attached hydrogens (tertiary/aromatic N) is 1. The van der Waals surface area contributed by atoms with E-state index in [2.05, 4.69) is 0 Å². The number of rotatable bonds is 3. The molecule has 3 nitrogen and oxygen atoms in total. The third-order valence-electron chi connectivity index (χ3n) is 3.18. The Balaban J connectivity index is 2.48. The molecular weight excluding hydrogens is 277 g/mol. The van der Waals surface area contributed by atoms with Gasteiger partial charge in [-0.25, -0.2) is 12.8 Å². The van der Waals surface area contributed by atoms with Gasteiger partial charge in [-0.3, -0.25) is 4.31 Å². The van der Waals surface area contributed by atoms with Crippen molar-refractivity contribution in [2.24, 2.45) is 0 Å². The van der Waals surface area contributed by atoms with Gasteiger partial charge in [0.15, 0.2) is 0 Å². The first-order valence-electron chi connectivity index (χ1n) is 6.14. The summed E-state index contributed by atoms with van der Waals surface area (Å²) in [6.07, 6.45) is 0. The first-order chi connectivity index (χ1) is 9.32. The van der Waals surface area contributed by atoms with Crippen LogP contribution in [0.1, 0.15) is 11.1 Å². The van der Waals surface area contributed by atoms with Gasteiger partial charge in [0.2, 0.25) is 0 Å². The van der Waals surface area contributed by atoms with E-state index in [1.54, 1.807) is 0 Å². The number of hydrogen-bond donors (Lipinski definition) is 0. The van der Waals surface area contributed by atoms with Crippen molar-refractivity contribution in [2.45, 2.75) is 18.7 Å². The lowest BCUT2D eigenvalue weighted by molar-refractivity contribution is 0.593. The van der Waals surface area contributed by atoms with Crippen molar-refractivity contribution in [3.8, 4) is 0 Å². The van der Waals surface area contributed by atoms with E-state index in [4.69, 9.17) is 0 Å². The number of hydrogen-bond acceptors (Lipinski definition) is 2. The summed E-state index contributed by atoms with van der Waals surface area (Å²) in [4.78, 5) is 0.0716. The maximum Gasteiger partial charge on any atom is 0.264 e. The second-order valence-corrected chi connectivity index (χ2v) is 6.69. The number of benzene rings is 2. The molecule has 0 N–H and O–H groups in total. The molecule has 2 aromatic carbocycles. The number of halogens is 1. The van der Waals surface area contributed by atoms with Crippen LogP contribution in [0.5, 0.6) is 0 Å². The van der Waals surface area contributed by atoms with Crippen molar-refractivity contribution in [2.75, 3.05) is 11.4 Å². The van der Waals surface area contributed by atoms with E-state index in [9.17, 15) is 12.8 Å². The topological polar surface area (TPSA) is 37.4 Å². The predicted octanol–water partition coefficient (Wildman–Crippen LogP) is 3.27. The number of anilines is 1. The normalized spacial score (nSPS) is 11.4. The molecule has 0 heterocycles. The molecule has 106 valence electrons. The highest BCUT2D eigenvalue weighted by Gasteiger charge is 2.22. The Hall–Kier alpha value is -1.88. The first-order valence-corrected chi connectivity index (χ1v) is 7.58. The second-order valence-electron chi connectivity index (χ2n) is 4.72. The Morgan fingerprint density at radius 2 is 1.60 bits per heavy atom. The monoisotopic (exact) mass is 293 g/mol. The fourth-order valence-corrected chi connectivity index (χ4v) is 3.20. The molecule has 0 saturated carbocycles. The van der Waals surface area contributed by atoms with E-state index in [0.717, 1.165) is 23.3 Å². The van der Waals surface area contributed by atoms with Gasteiger partial charge in [0, 0.05) is 7.05 Å². The summed E-state index contributed by atoms with van der Waals surface area (Å²) in [7, 11) is -2.18. The van der Waals surface area contributed by atoms with E-state index < -0.39 is 15.8 Å². The quantitative estimate of drug-likeness (QED) is 0.871. The smallest absolute Gasteiger partial charge is 0.264 e. The van der Waals surface area contributed by atoms with Crippen LogP contribution in [0.2, 0.25) is 0 Å². The summed E-state index contributed by atoms with van der Waals surface area (Å²) in [5.41, 5.74) is 2.46. The lowest BCUT2D eigenvalue weighted by atomic mass is 10.1. The van der Waals surface area contributed by atoms with Crippen LogP contribution in [0.15, 0.2) is 47.4 Å². The summed E-state index contributed by atoms with van der Waals surface area (Å²) in [5, 5.41) is 0. The third-order valence-corrected chi connectivity index (χ3v) is 4.96. The van der Waals surface area contributed by atoms with E-state index in [1.807, 2.05) is 32.0 Å². The zero-order valence-electron chi connectivity index (χ0n) is 11.6. The van der Waals surface area contributed by atoms with Gasteiger partial charge in [0.25, 0.3) is 10.0 Å². The third kappa shape index (κ3) is 2.67. The van der Waals surface area contributed by atoms with Crippen molar-refractivity contribution in [1.29, 1.82) is 0 Å². The van der Waals surface area contributed by atoms with Gasteiger partial charge in [-0.2, -0.15) is 0 Å². The second kappa shape index (κ2) is 5.25. The van der Waals surface area contributed by atoms with E-state index >= 15 is 0 Å². The van der Waals surface area contributed by atoms with Crippen LogP contribution in [0, 0.1) is 19.7 Å². The van der Waals surface area contributed by atoms with Gasteiger partial charge < -0.3 is 0 Å². The maximum atomic E-state index is 12.9. The van der Waals surface area contributed by atoms with Crippen LogP contribution in [0.3, 0.4) is 0 Å². The molecule has 0 fully saturated rings. The molecule has 0 atom stereocenters. The molecule has 2 aromatic rings. The van der Waals surface area contributed by atoms with Gasteiger partial charge in [-0.05, 0) is 55.3 Å². The molecule has 0 unspecified atom stereocenters. The first kappa shape index (κ1) is 14.5. The molecule has 0 aliphatic heterocycles. The van der Waals surface area contributed by atoms with Crippen LogP contribution in [0.4, 0.5) is 10.1 Å². The van der Waals surface area contributed by atoms with Crippen LogP contribution in [0.25, 0.3) is 0 Å². The van der Waals surface area contributed by atoms with Gasteiger partial charge in [-0.15, -0.1) is 0 Å². The fraction of sp³-hybridized carbons (Fsp3) is 0.200. The van der Waals surface area contributed by atoms with E-state index in [1.165, 1.54) is 23.5 Å². The number of sulfonamides is 1. The Labute approximate surface area is 118 Å². The average molecular weight is 293 g/mol. The van der Waals surface area contributed by atoms with Gasteiger partial charge >= 0.3 is 0 Å². The molecule has 0 radical (unpaired) electrons. The molecule has 5 heteroatoms. The molecule has 0 spiro atoms. The Morgan fingerprint density at radius 3 is 2.20 bits per heavy atom. The van der Waals surface area contributed by atoms with E-state index in [-0.39, 0.29) is 4.90 Å². The lowest BCUT2D eigenvalue weighted by Crippen LogP contribution is -2.27. The SMILES string of the molecule is Cc1ccc(C)c(N(C)S(=O)(=O)c2ccc(F)cc2)c1. The molecule has 0 saturated heterocycles. The minimum Gasteiger partial charge on any atom is -0.269 e. The Bertz CT molecular complexity index is 724. The number of aryl methyl sites for hydroxylation is 2. The summed E-state index contributed by atoms with van der Waals surface area (Å²) in [6.45, 7) is 3.76. The Morgan fingerprint density at radius 1 is 1.00 bits per heavy atom. The minimum atomic E-state index is -3.68. The van der Waals surface area contributed by atoms with Crippen LogP contribution in [-0.4, -0.2) is 15.5 Å². The highest BCUT2D eigenvalue weighted by molar-refractivity contribution is 7.92. The fourth-order valence-electron chi connectivity index (χ4n) is 1.95. The van der Waals surface area contributed by atoms with Crippen LogP contribution < -0.4 is 4.31 Å².